The molecule has 16 heavy (non-hydrogen) atoms. The summed E-state index contributed by atoms with van der Waals surface area (Å²) in [7, 11) is 3.93. The van der Waals surface area contributed by atoms with Gasteiger partial charge >= 0.3 is 0 Å². The average molecular weight is 229 g/mol. The summed E-state index contributed by atoms with van der Waals surface area (Å²) in [5, 5.41) is 9.63. The number of likely N-dealkylation sites (tertiary alicyclic amines) is 1. The van der Waals surface area contributed by atoms with Crippen LogP contribution >= 0.6 is 0 Å². The molecule has 94 valence electrons. The molecule has 0 bridgehead atoms. The molecule has 3 N–H and O–H groups in total. The van der Waals surface area contributed by atoms with Crippen LogP contribution in [0.4, 0.5) is 0 Å². The number of hydrogen-bond acceptors (Lipinski definition) is 4. The lowest BCUT2D eigenvalue weighted by Gasteiger charge is -2.28. The fourth-order valence-electron chi connectivity index (χ4n) is 2.14. The van der Waals surface area contributed by atoms with Gasteiger partial charge in [-0.1, -0.05) is 6.92 Å². The van der Waals surface area contributed by atoms with Crippen molar-refractivity contribution in [3.05, 3.63) is 0 Å². The smallest absolute Gasteiger partial charge is 0.239 e. The third-order valence-electron chi connectivity index (χ3n) is 3.01. The van der Waals surface area contributed by atoms with Gasteiger partial charge in [-0.15, -0.1) is 0 Å². The molecule has 0 aromatic rings. The number of aliphatic hydroxyl groups excluding tert-OH is 1. The van der Waals surface area contributed by atoms with Crippen LogP contribution in [0.2, 0.25) is 0 Å². The fourth-order valence-corrected chi connectivity index (χ4v) is 2.14. The summed E-state index contributed by atoms with van der Waals surface area (Å²) in [6.07, 6.45) is 0.887. The van der Waals surface area contributed by atoms with E-state index in [0.717, 1.165) is 6.54 Å². The second kappa shape index (κ2) is 5.61. The Labute approximate surface area is 97.2 Å². The Balaban J connectivity index is 2.65. The zero-order chi connectivity index (χ0) is 12.3. The maximum absolute atomic E-state index is 12.0. The molecule has 5 nitrogen and oxygen atoms in total. The first-order chi connectivity index (χ1) is 7.45. The molecule has 1 saturated heterocycles. The number of nitrogens with two attached hydrogens (primary N) is 1. The van der Waals surface area contributed by atoms with Crippen LogP contribution in [0.15, 0.2) is 0 Å². The van der Waals surface area contributed by atoms with Crippen LogP contribution in [0.1, 0.15) is 19.8 Å². The number of carbonyl (C=O) groups excluding carboxylic acids is 1. The zero-order valence-corrected chi connectivity index (χ0v) is 10.4. The summed E-state index contributed by atoms with van der Waals surface area (Å²) in [5.74, 6) is -0.0362. The van der Waals surface area contributed by atoms with Gasteiger partial charge < -0.3 is 20.6 Å². The maximum atomic E-state index is 12.0. The van der Waals surface area contributed by atoms with Crippen molar-refractivity contribution in [2.24, 2.45) is 5.73 Å². The number of nitrogens with zero attached hydrogens (tertiary/aromatic N) is 2. The van der Waals surface area contributed by atoms with Crippen LogP contribution < -0.4 is 5.73 Å². The molecule has 1 heterocycles. The summed E-state index contributed by atoms with van der Waals surface area (Å²) in [4.78, 5) is 15.7. The molecule has 1 amide bonds. The summed E-state index contributed by atoms with van der Waals surface area (Å²) in [6, 6.07) is -0.343. The van der Waals surface area contributed by atoms with E-state index in [9.17, 15) is 9.90 Å². The number of carbonyl (C=O) groups is 1. The Bertz CT molecular complexity index is 245. The number of hydrogen-bond donors (Lipinski definition) is 2. The molecule has 5 heteroatoms. The normalized spacial score (nSPS) is 27.5. The molecular formula is C11H23N3O2. The summed E-state index contributed by atoms with van der Waals surface area (Å²) >= 11 is 0. The van der Waals surface area contributed by atoms with Crippen molar-refractivity contribution in [2.75, 3.05) is 27.2 Å². The van der Waals surface area contributed by atoms with Gasteiger partial charge in [0.1, 0.15) is 0 Å². The first-order valence-electron chi connectivity index (χ1n) is 5.84. The van der Waals surface area contributed by atoms with E-state index in [-0.39, 0.29) is 11.9 Å². The molecule has 0 aromatic heterocycles. The molecule has 0 spiro atoms. The van der Waals surface area contributed by atoms with E-state index < -0.39 is 12.1 Å². The predicted octanol–water partition coefficient (Wildman–Crippen LogP) is -0.753. The highest BCUT2D eigenvalue weighted by atomic mass is 16.3. The number of β-amino-alcohol motifs (C(OH)–C–C–N with tert-alkyl or cyclic N) is 1. The van der Waals surface area contributed by atoms with Crippen molar-refractivity contribution in [2.45, 2.75) is 38.0 Å². The van der Waals surface area contributed by atoms with Crippen LogP contribution in [0.5, 0.6) is 0 Å². The molecule has 0 saturated carbocycles. The van der Waals surface area contributed by atoms with Crippen LogP contribution in [0.25, 0.3) is 0 Å². The molecule has 1 fully saturated rings. The van der Waals surface area contributed by atoms with Crippen LogP contribution in [-0.2, 0) is 4.79 Å². The molecule has 0 aromatic carbocycles. The average Bonchev–Trinajstić information content (AvgIpc) is 2.56. The fraction of sp³-hybridized carbons (Fsp3) is 0.909. The van der Waals surface area contributed by atoms with Gasteiger partial charge in [0.05, 0.1) is 12.1 Å². The Hall–Kier alpha value is -0.650. The SMILES string of the molecule is CC[C@@H](N)C(=O)N1CC(O)CC1CN(C)C. The molecule has 2 unspecified atom stereocenters. The minimum Gasteiger partial charge on any atom is -0.391 e. The Morgan fingerprint density at radius 1 is 1.62 bits per heavy atom. The third kappa shape index (κ3) is 3.17. The molecule has 1 aliphatic heterocycles. The molecule has 0 radical (unpaired) electrons. The van der Waals surface area contributed by atoms with Crippen LogP contribution in [-0.4, -0.2) is 66.2 Å². The standard InChI is InChI=1S/C11H23N3O2/c1-4-10(12)11(16)14-7-9(15)5-8(14)6-13(2)3/h8-10,15H,4-7,12H2,1-3H3/t8?,9?,10-/m1/s1. The zero-order valence-electron chi connectivity index (χ0n) is 10.4. The van der Waals surface area contributed by atoms with Gasteiger partial charge in [-0.3, -0.25) is 4.79 Å². The van der Waals surface area contributed by atoms with Gasteiger partial charge in [0.2, 0.25) is 5.91 Å². The first kappa shape index (κ1) is 13.4. The summed E-state index contributed by atoms with van der Waals surface area (Å²) in [6.45, 7) is 3.10. The highest BCUT2D eigenvalue weighted by Crippen LogP contribution is 2.19. The van der Waals surface area contributed by atoms with E-state index >= 15 is 0 Å². The van der Waals surface area contributed by atoms with E-state index in [1.807, 2.05) is 25.9 Å². The quantitative estimate of drug-likeness (QED) is 0.665. The van der Waals surface area contributed by atoms with E-state index in [2.05, 4.69) is 0 Å². The lowest BCUT2D eigenvalue weighted by molar-refractivity contribution is -0.134. The van der Waals surface area contributed by atoms with Gasteiger partial charge in [0.25, 0.3) is 0 Å². The van der Waals surface area contributed by atoms with Crippen molar-refractivity contribution in [3.8, 4) is 0 Å². The summed E-state index contributed by atoms with van der Waals surface area (Å²) < 4.78 is 0. The molecule has 1 rings (SSSR count). The van der Waals surface area contributed by atoms with Crippen molar-refractivity contribution < 1.29 is 9.90 Å². The summed E-state index contributed by atoms with van der Waals surface area (Å²) in [5.41, 5.74) is 5.75. The maximum Gasteiger partial charge on any atom is 0.239 e. The number of amides is 1. The Morgan fingerprint density at radius 3 is 2.75 bits per heavy atom. The van der Waals surface area contributed by atoms with Crippen molar-refractivity contribution >= 4 is 5.91 Å². The second-order valence-corrected chi connectivity index (χ2v) is 4.81. The highest BCUT2D eigenvalue weighted by Gasteiger charge is 2.35. The van der Waals surface area contributed by atoms with Gasteiger partial charge in [-0.05, 0) is 26.9 Å². The van der Waals surface area contributed by atoms with Gasteiger partial charge in [-0.2, -0.15) is 0 Å². The van der Waals surface area contributed by atoms with Crippen molar-refractivity contribution in [1.82, 2.24) is 9.80 Å². The third-order valence-corrected chi connectivity index (χ3v) is 3.01. The largest absolute Gasteiger partial charge is 0.391 e. The van der Waals surface area contributed by atoms with Gasteiger partial charge in [-0.25, -0.2) is 0 Å². The van der Waals surface area contributed by atoms with Crippen molar-refractivity contribution in [3.63, 3.8) is 0 Å². The van der Waals surface area contributed by atoms with Gasteiger partial charge in [0, 0.05) is 19.1 Å². The predicted molar refractivity (Wildman–Crippen MR) is 62.9 cm³/mol. The van der Waals surface area contributed by atoms with E-state index in [1.54, 1.807) is 4.90 Å². The minimum absolute atomic E-state index is 0.0362. The highest BCUT2D eigenvalue weighted by molar-refractivity contribution is 5.82. The second-order valence-electron chi connectivity index (χ2n) is 4.81. The van der Waals surface area contributed by atoms with E-state index in [0.29, 0.717) is 19.4 Å². The molecule has 0 aliphatic carbocycles. The van der Waals surface area contributed by atoms with Gasteiger partial charge in [0.15, 0.2) is 0 Å². The number of rotatable bonds is 4. The molecular weight excluding hydrogens is 206 g/mol. The lowest BCUT2D eigenvalue weighted by Crippen LogP contribution is -2.48. The van der Waals surface area contributed by atoms with Crippen LogP contribution in [0, 0.1) is 0 Å². The Kier molecular flexibility index (Phi) is 4.70. The number of likely N-dealkylation sites (N-methyl/N-ethyl adjacent to an activating group) is 1. The number of aliphatic hydroxyl groups is 1. The Morgan fingerprint density at radius 2 is 2.25 bits per heavy atom. The topological polar surface area (TPSA) is 69.8 Å². The van der Waals surface area contributed by atoms with E-state index in [4.69, 9.17) is 5.73 Å². The lowest BCUT2D eigenvalue weighted by atomic mass is 10.1. The molecule has 3 atom stereocenters. The van der Waals surface area contributed by atoms with E-state index in [1.165, 1.54) is 0 Å². The van der Waals surface area contributed by atoms with Crippen LogP contribution in [0.3, 0.4) is 0 Å². The monoisotopic (exact) mass is 229 g/mol. The first-order valence-corrected chi connectivity index (χ1v) is 5.84. The minimum atomic E-state index is -0.435. The van der Waals surface area contributed by atoms with Crippen molar-refractivity contribution in [1.29, 1.82) is 0 Å². The molecule has 1 aliphatic rings.